The molecule has 0 unspecified atom stereocenters. The van der Waals surface area contributed by atoms with Crippen LogP contribution in [0.2, 0.25) is 10.0 Å². The Bertz CT molecular complexity index is 1060. The summed E-state index contributed by atoms with van der Waals surface area (Å²) < 4.78 is 15.2. The van der Waals surface area contributed by atoms with Crippen LogP contribution in [0.4, 0.5) is 10.1 Å². The van der Waals surface area contributed by atoms with Crippen molar-refractivity contribution in [2.75, 3.05) is 5.32 Å². The summed E-state index contributed by atoms with van der Waals surface area (Å²) in [6.45, 7) is 1.76. The number of nitrogens with zero attached hydrogens (tertiary/aromatic N) is 1. The molecule has 0 atom stereocenters. The molecular formula is C20H15Cl2FN2O2. The van der Waals surface area contributed by atoms with Gasteiger partial charge in [-0.25, -0.2) is 4.39 Å². The highest BCUT2D eigenvalue weighted by Gasteiger charge is 2.15. The van der Waals surface area contributed by atoms with Crippen LogP contribution >= 0.6 is 23.2 Å². The van der Waals surface area contributed by atoms with Gasteiger partial charge < -0.3 is 9.88 Å². The first-order valence-electron chi connectivity index (χ1n) is 8.06. The lowest BCUT2D eigenvalue weighted by molar-refractivity contribution is 0.102. The SMILES string of the molecule is Cc1ccc(NC(=O)c2cccn(Cc3c(F)cccc3Cl)c2=O)cc1Cl. The highest BCUT2D eigenvalue weighted by atomic mass is 35.5. The maximum atomic E-state index is 14.0. The summed E-state index contributed by atoms with van der Waals surface area (Å²) in [7, 11) is 0. The summed E-state index contributed by atoms with van der Waals surface area (Å²) in [5.41, 5.74) is 0.916. The van der Waals surface area contributed by atoms with Crippen LogP contribution < -0.4 is 10.9 Å². The van der Waals surface area contributed by atoms with Crippen molar-refractivity contribution in [2.24, 2.45) is 0 Å². The minimum absolute atomic E-state index is 0.0679. The molecule has 0 saturated carbocycles. The van der Waals surface area contributed by atoms with Crippen LogP contribution in [0.15, 0.2) is 59.5 Å². The van der Waals surface area contributed by atoms with E-state index in [2.05, 4.69) is 5.32 Å². The molecule has 3 aromatic rings. The minimum Gasteiger partial charge on any atom is -0.322 e. The quantitative estimate of drug-likeness (QED) is 0.671. The van der Waals surface area contributed by atoms with Crippen molar-refractivity contribution in [1.29, 1.82) is 0 Å². The molecule has 1 heterocycles. The van der Waals surface area contributed by atoms with Crippen LogP contribution in [0.25, 0.3) is 0 Å². The van der Waals surface area contributed by atoms with Gasteiger partial charge in [0, 0.05) is 27.5 Å². The van der Waals surface area contributed by atoms with Crippen LogP contribution in [0.3, 0.4) is 0 Å². The fourth-order valence-electron chi connectivity index (χ4n) is 2.56. The van der Waals surface area contributed by atoms with E-state index in [-0.39, 0.29) is 22.7 Å². The lowest BCUT2D eigenvalue weighted by Gasteiger charge is -2.11. The van der Waals surface area contributed by atoms with Gasteiger partial charge in [0.05, 0.1) is 6.54 Å². The molecule has 4 nitrogen and oxygen atoms in total. The number of aromatic nitrogens is 1. The predicted octanol–water partition coefficient (Wildman–Crippen LogP) is 4.90. The zero-order chi connectivity index (χ0) is 19.6. The summed E-state index contributed by atoms with van der Waals surface area (Å²) in [5, 5.41) is 3.36. The first-order valence-corrected chi connectivity index (χ1v) is 8.82. The van der Waals surface area contributed by atoms with Gasteiger partial charge in [-0.05, 0) is 48.9 Å². The van der Waals surface area contributed by atoms with Gasteiger partial charge in [0.2, 0.25) is 0 Å². The molecule has 0 fully saturated rings. The Morgan fingerprint density at radius 2 is 1.89 bits per heavy atom. The third-order valence-electron chi connectivity index (χ3n) is 4.08. The third-order valence-corrected chi connectivity index (χ3v) is 4.85. The molecule has 0 aliphatic carbocycles. The Balaban J connectivity index is 1.89. The molecule has 27 heavy (non-hydrogen) atoms. The highest BCUT2D eigenvalue weighted by Crippen LogP contribution is 2.21. The number of anilines is 1. The largest absolute Gasteiger partial charge is 0.322 e. The average Bonchev–Trinajstić information content (AvgIpc) is 2.62. The zero-order valence-corrected chi connectivity index (χ0v) is 15.8. The standard InChI is InChI=1S/C20H15Cl2FN2O2/c1-12-7-8-13(10-17(12)22)24-19(26)14-4-3-9-25(20(14)27)11-15-16(21)5-2-6-18(15)23/h2-10H,11H2,1H3,(H,24,26). The van der Waals surface area contributed by atoms with E-state index in [0.29, 0.717) is 10.7 Å². The molecule has 138 valence electrons. The average molecular weight is 405 g/mol. The van der Waals surface area contributed by atoms with Crippen molar-refractivity contribution >= 4 is 34.8 Å². The second kappa shape index (κ2) is 7.94. The van der Waals surface area contributed by atoms with E-state index >= 15 is 0 Å². The Morgan fingerprint density at radius 1 is 1.11 bits per heavy atom. The Hall–Kier alpha value is -2.63. The van der Waals surface area contributed by atoms with E-state index in [1.807, 2.05) is 6.92 Å². The Morgan fingerprint density at radius 3 is 2.59 bits per heavy atom. The number of rotatable bonds is 4. The van der Waals surface area contributed by atoms with E-state index in [4.69, 9.17) is 23.2 Å². The number of benzene rings is 2. The molecule has 1 N–H and O–H groups in total. The van der Waals surface area contributed by atoms with Gasteiger partial charge in [-0.15, -0.1) is 0 Å². The number of amides is 1. The van der Waals surface area contributed by atoms with Crippen molar-refractivity contribution in [3.63, 3.8) is 0 Å². The van der Waals surface area contributed by atoms with Crippen LogP contribution in [-0.4, -0.2) is 10.5 Å². The highest BCUT2D eigenvalue weighted by molar-refractivity contribution is 6.31. The fourth-order valence-corrected chi connectivity index (χ4v) is 2.96. The lowest BCUT2D eigenvalue weighted by Crippen LogP contribution is -2.29. The van der Waals surface area contributed by atoms with Crippen molar-refractivity contribution in [3.8, 4) is 0 Å². The van der Waals surface area contributed by atoms with Gasteiger partial charge in [-0.3, -0.25) is 9.59 Å². The van der Waals surface area contributed by atoms with E-state index in [0.717, 1.165) is 5.56 Å². The zero-order valence-electron chi connectivity index (χ0n) is 14.3. The van der Waals surface area contributed by atoms with Gasteiger partial charge in [0.15, 0.2) is 0 Å². The summed E-state index contributed by atoms with van der Waals surface area (Å²) in [6, 6.07) is 12.3. The van der Waals surface area contributed by atoms with Crippen LogP contribution in [-0.2, 0) is 6.54 Å². The second-order valence-electron chi connectivity index (χ2n) is 5.97. The van der Waals surface area contributed by atoms with Gasteiger partial charge in [0.25, 0.3) is 11.5 Å². The molecule has 0 radical (unpaired) electrons. The van der Waals surface area contributed by atoms with E-state index in [1.165, 1.54) is 29.0 Å². The summed E-state index contributed by atoms with van der Waals surface area (Å²) in [5.74, 6) is -1.09. The minimum atomic E-state index is -0.575. The van der Waals surface area contributed by atoms with Gasteiger partial charge >= 0.3 is 0 Å². The number of hydrogen-bond donors (Lipinski definition) is 1. The van der Waals surface area contributed by atoms with E-state index in [9.17, 15) is 14.0 Å². The molecular weight excluding hydrogens is 390 g/mol. The molecule has 1 aromatic heterocycles. The van der Waals surface area contributed by atoms with Gasteiger partial charge in [0.1, 0.15) is 11.4 Å². The summed E-state index contributed by atoms with van der Waals surface area (Å²) in [6.07, 6.45) is 1.48. The number of carbonyl (C=O) groups is 1. The first-order chi connectivity index (χ1) is 12.9. The first kappa shape index (κ1) is 19.1. The van der Waals surface area contributed by atoms with Crippen molar-refractivity contribution in [2.45, 2.75) is 13.5 Å². The smallest absolute Gasteiger partial charge is 0.263 e. The Labute approximate surface area is 165 Å². The molecule has 2 aromatic carbocycles. The molecule has 1 amide bonds. The number of pyridine rings is 1. The number of carbonyl (C=O) groups excluding carboxylic acids is 1. The molecule has 7 heteroatoms. The van der Waals surface area contributed by atoms with Gasteiger partial charge in [-0.1, -0.05) is 35.3 Å². The topological polar surface area (TPSA) is 51.1 Å². The van der Waals surface area contributed by atoms with Gasteiger partial charge in [-0.2, -0.15) is 0 Å². The summed E-state index contributed by atoms with van der Waals surface area (Å²) >= 11 is 12.1. The molecule has 0 aliphatic heterocycles. The number of nitrogens with one attached hydrogen (secondary N) is 1. The van der Waals surface area contributed by atoms with Crippen molar-refractivity contribution < 1.29 is 9.18 Å². The van der Waals surface area contributed by atoms with Crippen LogP contribution in [0, 0.1) is 12.7 Å². The number of halogens is 3. The maximum absolute atomic E-state index is 14.0. The van der Waals surface area contributed by atoms with Crippen molar-refractivity contribution in [1.82, 2.24) is 4.57 Å². The Kier molecular flexibility index (Phi) is 5.63. The normalized spacial score (nSPS) is 10.7. The van der Waals surface area contributed by atoms with Crippen LogP contribution in [0.5, 0.6) is 0 Å². The molecule has 0 aliphatic rings. The maximum Gasteiger partial charge on any atom is 0.263 e. The van der Waals surface area contributed by atoms with Crippen molar-refractivity contribution in [3.05, 3.63) is 97.6 Å². The van der Waals surface area contributed by atoms with E-state index in [1.54, 1.807) is 30.3 Å². The third kappa shape index (κ3) is 4.21. The monoisotopic (exact) mass is 404 g/mol. The predicted molar refractivity (Wildman–Crippen MR) is 105 cm³/mol. The lowest BCUT2D eigenvalue weighted by atomic mass is 10.2. The van der Waals surface area contributed by atoms with Crippen LogP contribution in [0.1, 0.15) is 21.5 Å². The molecule has 3 rings (SSSR count). The number of hydrogen-bond acceptors (Lipinski definition) is 2. The molecule has 0 spiro atoms. The second-order valence-corrected chi connectivity index (χ2v) is 6.79. The molecule has 0 bridgehead atoms. The fraction of sp³-hybridized carbons (Fsp3) is 0.100. The number of aryl methyl sites for hydroxylation is 1. The van der Waals surface area contributed by atoms with E-state index < -0.39 is 17.3 Å². The molecule has 0 saturated heterocycles. The summed E-state index contributed by atoms with van der Waals surface area (Å²) in [4.78, 5) is 25.2.